The number of pyridine rings is 1. The fourth-order valence-electron chi connectivity index (χ4n) is 2.05. The number of nitrogens with one attached hydrogen (secondary N) is 1. The van der Waals surface area contributed by atoms with Crippen molar-refractivity contribution in [3.8, 4) is 0 Å². The molecule has 2 rings (SSSR count). The molecule has 94 valence electrons. The Balaban J connectivity index is 1.89. The zero-order valence-corrected chi connectivity index (χ0v) is 10.6. The molecular formula is C13H22N4. The topological polar surface area (TPSA) is 31.4 Å². The first-order valence-corrected chi connectivity index (χ1v) is 6.36. The van der Waals surface area contributed by atoms with Gasteiger partial charge in [-0.1, -0.05) is 6.07 Å². The van der Waals surface area contributed by atoms with Gasteiger partial charge in [0.25, 0.3) is 0 Å². The molecule has 0 spiro atoms. The summed E-state index contributed by atoms with van der Waals surface area (Å²) in [7, 11) is 2.19. The van der Waals surface area contributed by atoms with Crippen molar-refractivity contribution < 1.29 is 0 Å². The minimum absolute atomic E-state index is 0.955. The molecule has 0 radical (unpaired) electrons. The van der Waals surface area contributed by atoms with Gasteiger partial charge in [-0.25, -0.2) is 0 Å². The Kier molecular flexibility index (Phi) is 4.91. The molecule has 1 aromatic rings. The van der Waals surface area contributed by atoms with Crippen molar-refractivity contribution in [1.82, 2.24) is 20.1 Å². The molecule has 1 fully saturated rings. The number of nitrogens with zero attached hydrogens (tertiary/aromatic N) is 3. The van der Waals surface area contributed by atoms with Crippen LogP contribution in [0.1, 0.15) is 5.69 Å². The molecule has 2 heterocycles. The predicted molar refractivity (Wildman–Crippen MR) is 69.9 cm³/mol. The first-order valence-electron chi connectivity index (χ1n) is 6.36. The smallest absolute Gasteiger partial charge is 0.0543 e. The lowest BCUT2D eigenvalue weighted by atomic mass is 10.3. The molecule has 1 aromatic heterocycles. The third kappa shape index (κ3) is 4.42. The standard InChI is InChI=1S/C13H22N4/c1-16-8-6-14-7-9-17(11-10-16)12-13-4-2-3-5-15-13/h2-5,14H,6-12H2,1H3. The van der Waals surface area contributed by atoms with Gasteiger partial charge in [-0.15, -0.1) is 0 Å². The maximum atomic E-state index is 4.39. The van der Waals surface area contributed by atoms with Crippen LogP contribution >= 0.6 is 0 Å². The number of rotatable bonds is 2. The monoisotopic (exact) mass is 234 g/mol. The lowest BCUT2D eigenvalue weighted by Crippen LogP contribution is -2.34. The summed E-state index contributed by atoms with van der Waals surface area (Å²) in [5.74, 6) is 0. The van der Waals surface area contributed by atoms with Gasteiger partial charge in [-0.3, -0.25) is 9.88 Å². The molecule has 0 bridgehead atoms. The SMILES string of the molecule is CN1CCNCCN(Cc2ccccn2)CC1. The Hall–Kier alpha value is -0.970. The van der Waals surface area contributed by atoms with Crippen molar-refractivity contribution in [2.75, 3.05) is 46.3 Å². The van der Waals surface area contributed by atoms with Crippen LogP contribution in [0, 0.1) is 0 Å². The fraction of sp³-hybridized carbons (Fsp3) is 0.615. The van der Waals surface area contributed by atoms with Crippen molar-refractivity contribution in [1.29, 1.82) is 0 Å². The summed E-state index contributed by atoms with van der Waals surface area (Å²) in [6.45, 7) is 7.61. The van der Waals surface area contributed by atoms with Crippen molar-refractivity contribution in [3.05, 3.63) is 30.1 Å². The second-order valence-corrected chi connectivity index (χ2v) is 4.65. The Morgan fingerprint density at radius 1 is 1.18 bits per heavy atom. The maximum Gasteiger partial charge on any atom is 0.0543 e. The largest absolute Gasteiger partial charge is 0.314 e. The molecule has 1 N–H and O–H groups in total. The average molecular weight is 234 g/mol. The van der Waals surface area contributed by atoms with Crippen LogP contribution in [0.3, 0.4) is 0 Å². The molecular weight excluding hydrogens is 212 g/mol. The number of hydrogen-bond acceptors (Lipinski definition) is 4. The average Bonchev–Trinajstić information content (AvgIpc) is 2.45. The summed E-state index contributed by atoms with van der Waals surface area (Å²) in [6, 6.07) is 6.13. The second kappa shape index (κ2) is 6.69. The third-order valence-corrected chi connectivity index (χ3v) is 3.18. The molecule has 0 atom stereocenters. The highest BCUT2D eigenvalue weighted by molar-refractivity contribution is 5.03. The molecule has 4 nitrogen and oxygen atoms in total. The summed E-state index contributed by atoms with van der Waals surface area (Å²) in [6.07, 6.45) is 1.87. The number of aromatic nitrogens is 1. The molecule has 0 aliphatic carbocycles. The summed E-state index contributed by atoms with van der Waals surface area (Å²) in [5, 5.41) is 3.47. The van der Waals surface area contributed by atoms with Gasteiger partial charge >= 0.3 is 0 Å². The van der Waals surface area contributed by atoms with Gasteiger partial charge in [0.15, 0.2) is 0 Å². The lowest BCUT2D eigenvalue weighted by molar-refractivity contribution is 0.233. The normalized spacial score (nSPS) is 20.5. The van der Waals surface area contributed by atoms with Crippen LogP contribution in [-0.4, -0.2) is 61.1 Å². The number of likely N-dealkylation sites (N-methyl/N-ethyl adjacent to an activating group) is 1. The molecule has 0 aromatic carbocycles. The summed E-state index contributed by atoms with van der Waals surface area (Å²) >= 11 is 0. The zero-order chi connectivity index (χ0) is 11.9. The van der Waals surface area contributed by atoms with Gasteiger partial charge in [-0.2, -0.15) is 0 Å². The quantitative estimate of drug-likeness (QED) is 0.803. The van der Waals surface area contributed by atoms with E-state index in [0.717, 1.165) is 51.5 Å². The Morgan fingerprint density at radius 2 is 2.06 bits per heavy atom. The minimum Gasteiger partial charge on any atom is -0.314 e. The molecule has 1 saturated heterocycles. The van der Waals surface area contributed by atoms with Crippen LogP contribution in [0.25, 0.3) is 0 Å². The molecule has 4 heteroatoms. The molecule has 0 amide bonds. The van der Waals surface area contributed by atoms with Crippen molar-refractivity contribution >= 4 is 0 Å². The van der Waals surface area contributed by atoms with Gasteiger partial charge in [-0.05, 0) is 19.2 Å². The Labute approximate surface area is 104 Å². The Morgan fingerprint density at radius 3 is 2.88 bits per heavy atom. The Bertz CT molecular complexity index is 314. The minimum atomic E-state index is 0.955. The number of hydrogen-bond donors (Lipinski definition) is 1. The van der Waals surface area contributed by atoms with E-state index < -0.39 is 0 Å². The highest BCUT2D eigenvalue weighted by Crippen LogP contribution is 2.01. The summed E-state index contributed by atoms with van der Waals surface area (Å²) < 4.78 is 0. The fourth-order valence-corrected chi connectivity index (χ4v) is 2.05. The lowest BCUT2D eigenvalue weighted by Gasteiger charge is -2.23. The molecule has 17 heavy (non-hydrogen) atoms. The van der Waals surface area contributed by atoms with E-state index in [1.54, 1.807) is 0 Å². The maximum absolute atomic E-state index is 4.39. The van der Waals surface area contributed by atoms with Gasteiger partial charge < -0.3 is 10.2 Å². The molecule has 1 aliphatic rings. The first kappa shape index (κ1) is 12.5. The second-order valence-electron chi connectivity index (χ2n) is 4.65. The van der Waals surface area contributed by atoms with E-state index in [-0.39, 0.29) is 0 Å². The van der Waals surface area contributed by atoms with E-state index in [1.165, 1.54) is 0 Å². The van der Waals surface area contributed by atoms with Crippen molar-refractivity contribution in [2.45, 2.75) is 6.54 Å². The highest BCUT2D eigenvalue weighted by atomic mass is 15.2. The molecule has 0 saturated carbocycles. The van der Waals surface area contributed by atoms with Gasteiger partial charge in [0.05, 0.1) is 5.69 Å². The van der Waals surface area contributed by atoms with Crippen LogP contribution in [0.4, 0.5) is 0 Å². The van der Waals surface area contributed by atoms with E-state index in [4.69, 9.17) is 0 Å². The van der Waals surface area contributed by atoms with E-state index in [1.807, 2.05) is 12.3 Å². The van der Waals surface area contributed by atoms with E-state index in [9.17, 15) is 0 Å². The van der Waals surface area contributed by atoms with Crippen LogP contribution in [0.2, 0.25) is 0 Å². The van der Waals surface area contributed by atoms with Gasteiger partial charge in [0.1, 0.15) is 0 Å². The van der Waals surface area contributed by atoms with Crippen LogP contribution in [0.5, 0.6) is 0 Å². The highest BCUT2D eigenvalue weighted by Gasteiger charge is 2.10. The third-order valence-electron chi connectivity index (χ3n) is 3.18. The predicted octanol–water partition coefficient (Wildman–Crippen LogP) is 0.419. The first-order chi connectivity index (χ1) is 8.34. The van der Waals surface area contributed by atoms with Crippen LogP contribution in [-0.2, 0) is 6.54 Å². The van der Waals surface area contributed by atoms with E-state index in [0.29, 0.717) is 0 Å². The zero-order valence-electron chi connectivity index (χ0n) is 10.6. The van der Waals surface area contributed by atoms with Gasteiger partial charge in [0, 0.05) is 52.0 Å². The van der Waals surface area contributed by atoms with Crippen LogP contribution in [0.15, 0.2) is 24.4 Å². The van der Waals surface area contributed by atoms with Gasteiger partial charge in [0.2, 0.25) is 0 Å². The van der Waals surface area contributed by atoms with E-state index in [2.05, 4.69) is 39.3 Å². The van der Waals surface area contributed by atoms with Crippen molar-refractivity contribution in [3.63, 3.8) is 0 Å². The summed E-state index contributed by atoms with van der Waals surface area (Å²) in [5.41, 5.74) is 1.16. The molecule has 0 unspecified atom stereocenters. The summed E-state index contributed by atoms with van der Waals surface area (Å²) in [4.78, 5) is 9.24. The van der Waals surface area contributed by atoms with Crippen molar-refractivity contribution in [2.24, 2.45) is 0 Å². The van der Waals surface area contributed by atoms with Crippen LogP contribution < -0.4 is 5.32 Å². The van der Waals surface area contributed by atoms with E-state index >= 15 is 0 Å². The molecule has 1 aliphatic heterocycles.